The molecule has 0 fully saturated rings. The fourth-order valence-electron chi connectivity index (χ4n) is 3.11. The molecule has 0 bridgehead atoms. The molecule has 0 aliphatic rings. The van der Waals surface area contributed by atoms with Crippen molar-refractivity contribution >= 4 is 63.7 Å². The highest BCUT2D eigenvalue weighted by atomic mass is 35.5. The third kappa shape index (κ3) is 6.23. The molecule has 0 aliphatic heterocycles. The molecule has 0 unspecified atom stereocenters. The zero-order chi connectivity index (χ0) is 23.2. The Labute approximate surface area is 206 Å². The maximum atomic E-state index is 12.4. The van der Waals surface area contributed by atoms with Gasteiger partial charge in [-0.3, -0.25) is 0 Å². The average molecular weight is 495 g/mol. The Morgan fingerprint density at radius 2 is 1.18 bits per heavy atom. The molecule has 0 saturated heterocycles. The van der Waals surface area contributed by atoms with Gasteiger partial charge in [-0.25, -0.2) is 4.79 Å². The summed E-state index contributed by atoms with van der Waals surface area (Å²) in [4.78, 5) is 14.4. The van der Waals surface area contributed by atoms with Crippen LogP contribution in [0.25, 0.3) is 0 Å². The van der Waals surface area contributed by atoms with E-state index in [9.17, 15) is 4.79 Å². The van der Waals surface area contributed by atoms with Gasteiger partial charge in [0.15, 0.2) is 0 Å². The van der Waals surface area contributed by atoms with E-state index < -0.39 is 5.97 Å². The van der Waals surface area contributed by atoms with Crippen molar-refractivity contribution in [1.29, 1.82) is 0 Å². The van der Waals surface area contributed by atoms with Crippen LogP contribution >= 0.6 is 35.0 Å². The summed E-state index contributed by atoms with van der Waals surface area (Å²) in [6, 6.07) is 28.6. The summed E-state index contributed by atoms with van der Waals surface area (Å²) < 4.78 is 4.99. The Morgan fingerprint density at radius 3 is 1.73 bits per heavy atom. The quantitative estimate of drug-likeness (QED) is 0.252. The maximum Gasteiger partial charge on any atom is 0.340 e. The fraction of sp³-hybridized carbons (Fsp3) is 0.0385. The highest BCUT2D eigenvalue weighted by Gasteiger charge is 2.14. The predicted molar refractivity (Wildman–Crippen MR) is 138 cm³/mol. The van der Waals surface area contributed by atoms with Crippen LogP contribution in [-0.2, 0) is 4.74 Å². The highest BCUT2D eigenvalue weighted by Crippen LogP contribution is 2.33. The first-order valence-corrected chi connectivity index (χ1v) is 11.6. The van der Waals surface area contributed by atoms with E-state index in [0.29, 0.717) is 21.3 Å². The number of carbonyl (C=O) groups excluding carboxylic acids is 1. The van der Waals surface area contributed by atoms with Gasteiger partial charge in [-0.2, -0.15) is 0 Å². The smallest absolute Gasteiger partial charge is 0.340 e. The fourth-order valence-corrected chi connectivity index (χ4v) is 4.21. The van der Waals surface area contributed by atoms with E-state index >= 15 is 0 Å². The summed E-state index contributed by atoms with van der Waals surface area (Å²) in [5.74, 6) is -0.406. The average Bonchev–Trinajstić information content (AvgIpc) is 2.83. The van der Waals surface area contributed by atoms with Gasteiger partial charge in [0, 0.05) is 36.9 Å². The van der Waals surface area contributed by atoms with Crippen LogP contribution in [0.3, 0.4) is 0 Å². The lowest BCUT2D eigenvalue weighted by atomic mass is 10.1. The maximum absolute atomic E-state index is 12.4. The number of benzene rings is 4. The Kier molecular flexibility index (Phi) is 7.45. The van der Waals surface area contributed by atoms with Crippen LogP contribution in [0.15, 0.2) is 101 Å². The van der Waals surface area contributed by atoms with Gasteiger partial charge in [0.25, 0.3) is 0 Å². The molecule has 2 N–H and O–H groups in total. The second-order valence-corrected chi connectivity index (χ2v) is 9.11. The molecule has 0 atom stereocenters. The minimum absolute atomic E-state index is 0.406. The molecule has 0 aliphatic carbocycles. The van der Waals surface area contributed by atoms with Crippen LogP contribution in [0.2, 0.25) is 10.0 Å². The SMILES string of the molecule is COC(=O)c1cc(Sc2ccc(Nc3ccc(Cl)cc3)cc2)ccc1Nc1ccc(Cl)cc1. The normalized spacial score (nSPS) is 10.5. The van der Waals surface area contributed by atoms with E-state index in [1.54, 1.807) is 23.9 Å². The number of nitrogens with one attached hydrogen (secondary N) is 2. The third-order valence-electron chi connectivity index (χ3n) is 4.74. The van der Waals surface area contributed by atoms with Gasteiger partial charge in [-0.05, 0) is 91.0 Å². The lowest BCUT2D eigenvalue weighted by Crippen LogP contribution is -2.06. The number of esters is 1. The molecule has 33 heavy (non-hydrogen) atoms. The van der Waals surface area contributed by atoms with Crippen molar-refractivity contribution < 1.29 is 9.53 Å². The van der Waals surface area contributed by atoms with E-state index in [1.165, 1.54) is 7.11 Å². The minimum Gasteiger partial charge on any atom is -0.465 e. The van der Waals surface area contributed by atoms with E-state index in [1.807, 2.05) is 78.9 Å². The summed E-state index contributed by atoms with van der Waals surface area (Å²) in [5.41, 5.74) is 3.88. The third-order valence-corrected chi connectivity index (χ3v) is 6.24. The van der Waals surface area contributed by atoms with Crippen LogP contribution in [0.4, 0.5) is 22.7 Å². The molecule has 0 saturated carbocycles. The van der Waals surface area contributed by atoms with Crippen molar-refractivity contribution in [2.45, 2.75) is 9.79 Å². The summed E-state index contributed by atoms with van der Waals surface area (Å²) in [6.45, 7) is 0. The molecule has 4 nitrogen and oxygen atoms in total. The second-order valence-electron chi connectivity index (χ2n) is 7.09. The predicted octanol–water partition coefficient (Wildman–Crippen LogP) is 8.42. The summed E-state index contributed by atoms with van der Waals surface area (Å²) >= 11 is 13.5. The molecule has 4 aromatic carbocycles. The van der Waals surface area contributed by atoms with Crippen LogP contribution in [0.1, 0.15) is 10.4 Å². The summed E-state index contributed by atoms with van der Waals surface area (Å²) in [6.07, 6.45) is 0. The molecule has 0 spiro atoms. The number of anilines is 4. The monoisotopic (exact) mass is 494 g/mol. The first-order valence-electron chi connectivity index (χ1n) is 10.1. The van der Waals surface area contributed by atoms with E-state index in [-0.39, 0.29) is 0 Å². The number of carbonyl (C=O) groups is 1. The van der Waals surface area contributed by atoms with Gasteiger partial charge in [-0.15, -0.1) is 0 Å². The van der Waals surface area contributed by atoms with Crippen molar-refractivity contribution in [3.05, 3.63) is 107 Å². The van der Waals surface area contributed by atoms with Crippen molar-refractivity contribution in [2.24, 2.45) is 0 Å². The molecule has 166 valence electrons. The molecule has 0 amide bonds. The van der Waals surface area contributed by atoms with Crippen LogP contribution in [-0.4, -0.2) is 13.1 Å². The van der Waals surface area contributed by atoms with Crippen molar-refractivity contribution in [3.63, 3.8) is 0 Å². The van der Waals surface area contributed by atoms with Crippen molar-refractivity contribution in [2.75, 3.05) is 17.7 Å². The molecular weight excluding hydrogens is 475 g/mol. The van der Waals surface area contributed by atoms with E-state index in [2.05, 4.69) is 10.6 Å². The lowest BCUT2D eigenvalue weighted by Gasteiger charge is -2.13. The summed E-state index contributed by atoms with van der Waals surface area (Å²) in [5, 5.41) is 7.95. The number of hydrogen-bond acceptors (Lipinski definition) is 5. The largest absolute Gasteiger partial charge is 0.465 e. The second kappa shape index (κ2) is 10.7. The number of hydrogen-bond donors (Lipinski definition) is 2. The van der Waals surface area contributed by atoms with Crippen molar-refractivity contribution in [3.8, 4) is 0 Å². The molecule has 0 radical (unpaired) electrons. The Balaban J connectivity index is 1.49. The molecule has 4 aromatic rings. The Hall–Kier alpha value is -3.12. The molecule has 4 rings (SSSR count). The number of ether oxygens (including phenoxy) is 1. The van der Waals surface area contributed by atoms with Gasteiger partial charge in [0.1, 0.15) is 0 Å². The van der Waals surface area contributed by atoms with Crippen LogP contribution < -0.4 is 10.6 Å². The standard InChI is InChI=1S/C26H20Cl2N2O2S/c1-32-26(31)24-16-23(14-15-25(24)30-21-8-4-18(28)5-9-21)33-22-12-10-20(11-13-22)29-19-6-2-17(27)3-7-19/h2-16,29-30H,1H3. The van der Waals surface area contributed by atoms with Gasteiger partial charge in [0.05, 0.1) is 18.4 Å². The molecule has 7 heteroatoms. The highest BCUT2D eigenvalue weighted by molar-refractivity contribution is 7.99. The minimum atomic E-state index is -0.406. The molecule has 0 heterocycles. The number of rotatable bonds is 7. The zero-order valence-corrected chi connectivity index (χ0v) is 20.0. The Bertz CT molecular complexity index is 1250. The number of methoxy groups -OCH3 is 1. The topological polar surface area (TPSA) is 50.4 Å². The van der Waals surface area contributed by atoms with Crippen molar-refractivity contribution in [1.82, 2.24) is 0 Å². The first-order chi connectivity index (χ1) is 16.0. The Morgan fingerprint density at radius 1 is 0.697 bits per heavy atom. The zero-order valence-electron chi connectivity index (χ0n) is 17.6. The number of halogens is 2. The first kappa shape index (κ1) is 23.1. The van der Waals surface area contributed by atoms with Gasteiger partial charge >= 0.3 is 5.97 Å². The summed E-state index contributed by atoms with van der Waals surface area (Å²) in [7, 11) is 1.38. The van der Waals surface area contributed by atoms with Gasteiger partial charge < -0.3 is 15.4 Å². The van der Waals surface area contributed by atoms with Gasteiger partial charge in [-0.1, -0.05) is 35.0 Å². The van der Waals surface area contributed by atoms with Gasteiger partial charge in [0.2, 0.25) is 0 Å². The molecular formula is C26H20Cl2N2O2S. The van der Waals surface area contributed by atoms with E-state index in [4.69, 9.17) is 27.9 Å². The van der Waals surface area contributed by atoms with E-state index in [0.717, 1.165) is 26.9 Å². The van der Waals surface area contributed by atoms with Crippen LogP contribution in [0.5, 0.6) is 0 Å². The molecule has 0 aromatic heterocycles. The van der Waals surface area contributed by atoms with Crippen LogP contribution in [0, 0.1) is 0 Å². The lowest BCUT2D eigenvalue weighted by molar-refractivity contribution is 0.0601.